The summed E-state index contributed by atoms with van der Waals surface area (Å²) >= 11 is 0. The van der Waals surface area contributed by atoms with Crippen LogP contribution in [0.3, 0.4) is 0 Å². The molecule has 0 radical (unpaired) electrons. The van der Waals surface area contributed by atoms with E-state index in [1.807, 2.05) is 13.0 Å². The van der Waals surface area contributed by atoms with Gasteiger partial charge in [0, 0.05) is 25.1 Å². The molecule has 1 fully saturated rings. The summed E-state index contributed by atoms with van der Waals surface area (Å²) in [5.74, 6) is 0.808. The number of fused-ring (bicyclic) bond motifs is 1. The topological polar surface area (TPSA) is 35.9 Å². The van der Waals surface area contributed by atoms with Gasteiger partial charge in [-0.3, -0.25) is 4.90 Å². The average Bonchev–Trinajstić information content (AvgIpc) is 2.85. The number of nitrogens with zero attached hydrogens (tertiary/aromatic N) is 2. The molecule has 35 heavy (non-hydrogen) atoms. The molecule has 2 aromatic carbocycles. The molecular formula is C28H37F3N2O2. The number of benzene rings is 2. The van der Waals surface area contributed by atoms with Crippen LogP contribution in [-0.2, 0) is 23.9 Å². The number of likely N-dealkylation sites (tertiary alicyclic amines) is 1. The van der Waals surface area contributed by atoms with Gasteiger partial charge in [-0.2, -0.15) is 13.2 Å². The van der Waals surface area contributed by atoms with Crippen LogP contribution in [0.5, 0.6) is 5.75 Å². The van der Waals surface area contributed by atoms with Crippen LogP contribution in [0.1, 0.15) is 60.1 Å². The van der Waals surface area contributed by atoms with Gasteiger partial charge in [-0.15, -0.1) is 0 Å². The molecule has 2 aliphatic heterocycles. The highest BCUT2D eigenvalue weighted by atomic mass is 19.4. The first-order valence-electron chi connectivity index (χ1n) is 12.7. The third-order valence-corrected chi connectivity index (χ3v) is 7.77. The minimum atomic E-state index is -4.30. The fraction of sp³-hybridized carbons (Fsp3) is 0.571. The Bertz CT molecular complexity index is 985. The molecule has 0 aromatic heterocycles. The van der Waals surface area contributed by atoms with E-state index in [0.717, 1.165) is 74.1 Å². The fourth-order valence-electron chi connectivity index (χ4n) is 5.36. The molecule has 0 saturated carbocycles. The first-order valence-corrected chi connectivity index (χ1v) is 12.7. The summed E-state index contributed by atoms with van der Waals surface area (Å²) in [6.07, 6.45) is -0.666. The zero-order chi connectivity index (χ0) is 25.2. The summed E-state index contributed by atoms with van der Waals surface area (Å²) < 4.78 is 45.2. The Balaban J connectivity index is 1.39. The third-order valence-electron chi connectivity index (χ3n) is 7.77. The maximum Gasteiger partial charge on any atom is 0.416 e. The Morgan fingerprint density at radius 2 is 1.77 bits per heavy atom. The second-order valence-corrected chi connectivity index (χ2v) is 10.2. The molecule has 2 heterocycles. The first-order chi connectivity index (χ1) is 16.7. The zero-order valence-electron chi connectivity index (χ0n) is 20.9. The van der Waals surface area contributed by atoms with Crippen molar-refractivity contribution in [2.24, 2.45) is 5.92 Å². The molecule has 0 unspecified atom stereocenters. The van der Waals surface area contributed by atoms with E-state index >= 15 is 0 Å². The molecule has 1 N–H and O–H groups in total. The lowest BCUT2D eigenvalue weighted by molar-refractivity contribution is -0.137. The first kappa shape index (κ1) is 26.0. The highest BCUT2D eigenvalue weighted by molar-refractivity contribution is 5.47. The largest absolute Gasteiger partial charge is 0.507 e. The van der Waals surface area contributed by atoms with E-state index in [1.54, 1.807) is 12.1 Å². The van der Waals surface area contributed by atoms with Crippen LogP contribution in [0.25, 0.3) is 0 Å². The van der Waals surface area contributed by atoms with Gasteiger partial charge in [-0.05, 0) is 87.6 Å². The van der Waals surface area contributed by atoms with Crippen molar-refractivity contribution in [3.05, 3.63) is 64.2 Å². The number of rotatable bonds is 7. The summed E-state index contributed by atoms with van der Waals surface area (Å²) in [7, 11) is 2.11. The average molecular weight is 491 g/mol. The van der Waals surface area contributed by atoms with Crippen LogP contribution in [0.4, 0.5) is 13.2 Å². The number of piperidine rings is 1. The molecule has 0 aliphatic carbocycles. The SMILES string of the molecule is CCN(C)CC[C@@H]1O[C@H](C2CCN(Cc3ccc(C(F)(F)F)cc3)CC2)Cc2c1ccc(C)c2O. The predicted molar refractivity (Wildman–Crippen MR) is 131 cm³/mol. The Hall–Kier alpha value is -2.09. The lowest BCUT2D eigenvalue weighted by atomic mass is 9.82. The molecule has 1 saturated heterocycles. The molecule has 4 rings (SSSR count). The minimum Gasteiger partial charge on any atom is -0.507 e. The van der Waals surface area contributed by atoms with Crippen molar-refractivity contribution in [2.45, 2.75) is 64.5 Å². The van der Waals surface area contributed by atoms with Crippen molar-refractivity contribution >= 4 is 0 Å². The molecule has 2 atom stereocenters. The maximum absolute atomic E-state index is 12.8. The normalized spacial score (nSPS) is 21.9. The van der Waals surface area contributed by atoms with E-state index in [-0.39, 0.29) is 12.2 Å². The van der Waals surface area contributed by atoms with Crippen molar-refractivity contribution in [1.82, 2.24) is 9.80 Å². The van der Waals surface area contributed by atoms with Gasteiger partial charge >= 0.3 is 6.18 Å². The molecule has 7 heteroatoms. The standard InChI is InChI=1S/C28H37F3N2O2/c1-4-32(3)14-13-25-23-10-5-19(2)27(34)24(23)17-26(35-25)21-11-15-33(16-12-21)18-20-6-8-22(9-7-20)28(29,30)31/h5-10,21,25-26,34H,4,11-18H2,1-3H3/t25-,26-/m0/s1. The van der Waals surface area contributed by atoms with Crippen molar-refractivity contribution in [1.29, 1.82) is 0 Å². The number of halogens is 3. The number of ether oxygens (including phenoxy) is 1. The zero-order valence-corrected chi connectivity index (χ0v) is 20.9. The van der Waals surface area contributed by atoms with Gasteiger partial charge in [-0.1, -0.05) is 31.2 Å². The molecule has 0 amide bonds. The van der Waals surface area contributed by atoms with E-state index < -0.39 is 11.7 Å². The number of hydrogen-bond donors (Lipinski definition) is 1. The van der Waals surface area contributed by atoms with Gasteiger partial charge in [0.15, 0.2) is 0 Å². The van der Waals surface area contributed by atoms with Gasteiger partial charge in [0.2, 0.25) is 0 Å². The van der Waals surface area contributed by atoms with Crippen molar-refractivity contribution < 1.29 is 23.0 Å². The van der Waals surface area contributed by atoms with Crippen molar-refractivity contribution in [3.63, 3.8) is 0 Å². The van der Waals surface area contributed by atoms with E-state index in [1.165, 1.54) is 12.1 Å². The van der Waals surface area contributed by atoms with E-state index in [9.17, 15) is 18.3 Å². The molecular weight excluding hydrogens is 453 g/mol. The number of hydrogen-bond acceptors (Lipinski definition) is 4. The smallest absolute Gasteiger partial charge is 0.416 e. The number of aromatic hydroxyl groups is 1. The highest BCUT2D eigenvalue weighted by Crippen LogP contribution is 2.42. The van der Waals surface area contributed by atoms with E-state index in [4.69, 9.17) is 4.74 Å². The Labute approximate surface area is 206 Å². The highest BCUT2D eigenvalue weighted by Gasteiger charge is 2.36. The quantitative estimate of drug-likeness (QED) is 0.520. The molecule has 192 valence electrons. The predicted octanol–water partition coefficient (Wildman–Crippen LogP) is 5.96. The Morgan fingerprint density at radius 1 is 1.09 bits per heavy atom. The Kier molecular flexibility index (Phi) is 8.09. The molecule has 4 nitrogen and oxygen atoms in total. The molecule has 2 aliphatic rings. The number of alkyl halides is 3. The minimum absolute atomic E-state index is 0.0190. The maximum atomic E-state index is 12.8. The van der Waals surface area contributed by atoms with Crippen LogP contribution in [0.2, 0.25) is 0 Å². The lowest BCUT2D eigenvalue weighted by Gasteiger charge is -2.41. The van der Waals surface area contributed by atoms with Crippen LogP contribution >= 0.6 is 0 Å². The van der Waals surface area contributed by atoms with Gasteiger partial charge in [0.25, 0.3) is 0 Å². The molecule has 0 spiro atoms. The monoisotopic (exact) mass is 490 g/mol. The molecule has 2 aromatic rings. The van der Waals surface area contributed by atoms with Crippen LogP contribution in [-0.4, -0.2) is 54.2 Å². The van der Waals surface area contributed by atoms with Crippen LogP contribution in [0, 0.1) is 12.8 Å². The summed E-state index contributed by atoms with van der Waals surface area (Å²) in [6.45, 7) is 8.45. The van der Waals surface area contributed by atoms with E-state index in [0.29, 0.717) is 18.2 Å². The van der Waals surface area contributed by atoms with Gasteiger partial charge in [0.1, 0.15) is 5.75 Å². The van der Waals surface area contributed by atoms with Crippen LogP contribution in [0.15, 0.2) is 36.4 Å². The van der Waals surface area contributed by atoms with Crippen molar-refractivity contribution in [3.8, 4) is 5.75 Å². The van der Waals surface area contributed by atoms with Gasteiger partial charge < -0.3 is 14.7 Å². The summed E-state index contributed by atoms with van der Waals surface area (Å²) in [6, 6.07) is 9.59. The number of phenols is 1. The van der Waals surface area contributed by atoms with Crippen LogP contribution < -0.4 is 0 Å². The lowest BCUT2D eigenvalue weighted by Crippen LogP contribution is -2.41. The number of phenolic OH excluding ortho intramolecular Hbond substituents is 1. The van der Waals surface area contributed by atoms with Gasteiger partial charge in [0.05, 0.1) is 17.8 Å². The van der Waals surface area contributed by atoms with Gasteiger partial charge in [-0.25, -0.2) is 0 Å². The summed E-state index contributed by atoms with van der Waals surface area (Å²) in [4.78, 5) is 4.59. The summed E-state index contributed by atoms with van der Waals surface area (Å²) in [5, 5.41) is 10.8. The number of aryl methyl sites for hydroxylation is 1. The fourth-order valence-corrected chi connectivity index (χ4v) is 5.36. The Morgan fingerprint density at radius 3 is 2.40 bits per heavy atom. The third kappa shape index (κ3) is 6.19. The van der Waals surface area contributed by atoms with Crippen molar-refractivity contribution in [2.75, 3.05) is 33.2 Å². The van der Waals surface area contributed by atoms with E-state index in [2.05, 4.69) is 29.8 Å². The second-order valence-electron chi connectivity index (χ2n) is 10.2. The second kappa shape index (κ2) is 10.9. The molecule has 0 bridgehead atoms. The summed E-state index contributed by atoms with van der Waals surface area (Å²) in [5.41, 5.74) is 3.36.